The molecule has 8 heteroatoms. The molecule has 8 nitrogen and oxygen atoms in total. The molecule has 0 saturated heterocycles. The second kappa shape index (κ2) is 10.0. The maximum absolute atomic E-state index is 13.5. The lowest BCUT2D eigenvalue weighted by Gasteiger charge is -2.05. The number of benzene rings is 1. The Morgan fingerprint density at radius 3 is 2.51 bits per heavy atom. The molecule has 1 aromatic carbocycles. The van der Waals surface area contributed by atoms with E-state index in [1.165, 1.54) is 6.08 Å². The summed E-state index contributed by atoms with van der Waals surface area (Å²) in [5.41, 5.74) is 3.83. The van der Waals surface area contributed by atoms with Crippen molar-refractivity contribution in [2.75, 3.05) is 6.61 Å². The molecule has 1 N–H and O–H groups in total. The fourth-order valence-corrected chi connectivity index (χ4v) is 3.90. The largest absolute Gasteiger partial charge is 0.462 e. The zero-order chi connectivity index (χ0) is 24.9. The number of Topliss-reactive ketones (excluding diaryl/α,β-unsaturated/α-hetero) is 1. The lowest BCUT2D eigenvalue weighted by Crippen LogP contribution is -2.13. The Hall–Kier alpha value is -4.77. The number of nitrogens with zero attached hydrogens (tertiary/aromatic N) is 4. The average molecular weight is 466 g/mol. The van der Waals surface area contributed by atoms with Gasteiger partial charge in [-0.2, -0.15) is 10.4 Å². The van der Waals surface area contributed by atoms with Crippen LogP contribution in [0, 0.1) is 25.2 Å². The minimum Gasteiger partial charge on any atom is -0.462 e. The van der Waals surface area contributed by atoms with Crippen LogP contribution in [0.1, 0.15) is 44.6 Å². The van der Waals surface area contributed by atoms with Crippen molar-refractivity contribution in [2.24, 2.45) is 0 Å². The fraction of sp³-hybridized carbons (Fsp3) is 0.148. The molecule has 3 heterocycles. The lowest BCUT2D eigenvalue weighted by molar-refractivity contribution is 0.0523. The van der Waals surface area contributed by atoms with Crippen molar-refractivity contribution < 1.29 is 14.3 Å². The Labute approximate surface area is 202 Å². The third kappa shape index (κ3) is 4.66. The number of ketones is 1. The number of rotatable bonds is 7. The number of allylic oxidation sites excluding steroid dienone is 1. The van der Waals surface area contributed by atoms with Crippen LogP contribution in [0.15, 0.2) is 66.6 Å². The van der Waals surface area contributed by atoms with Gasteiger partial charge in [-0.15, -0.1) is 0 Å². The molecule has 0 atom stereocenters. The Balaban J connectivity index is 1.84. The van der Waals surface area contributed by atoms with Gasteiger partial charge in [0.25, 0.3) is 0 Å². The number of hydrogen-bond donors (Lipinski definition) is 1. The van der Waals surface area contributed by atoms with Crippen LogP contribution >= 0.6 is 0 Å². The van der Waals surface area contributed by atoms with Gasteiger partial charge in [0.2, 0.25) is 5.78 Å². The average Bonchev–Trinajstić information content (AvgIpc) is 3.43. The van der Waals surface area contributed by atoms with Crippen molar-refractivity contribution in [3.8, 4) is 23.0 Å². The molecule has 0 aliphatic heterocycles. The van der Waals surface area contributed by atoms with Gasteiger partial charge in [0.1, 0.15) is 17.3 Å². The van der Waals surface area contributed by atoms with Crippen molar-refractivity contribution in [1.29, 1.82) is 5.26 Å². The van der Waals surface area contributed by atoms with Crippen LogP contribution in [0.4, 0.5) is 0 Å². The first-order valence-corrected chi connectivity index (χ1v) is 11.0. The molecule has 0 spiro atoms. The highest BCUT2D eigenvalue weighted by Gasteiger charge is 2.28. The SMILES string of the molecule is CCOC(=O)c1c(C)[nH]c(C)c1C(=O)/C(C#N)=C/c1cn(-c2ccccc2)nc1-c1cccnc1. The molecule has 0 bridgehead atoms. The van der Waals surface area contributed by atoms with Gasteiger partial charge < -0.3 is 9.72 Å². The molecule has 0 unspecified atom stereocenters. The molecule has 0 aliphatic rings. The molecule has 0 saturated carbocycles. The van der Waals surface area contributed by atoms with Gasteiger partial charge >= 0.3 is 5.97 Å². The van der Waals surface area contributed by atoms with Crippen LogP contribution in [0.5, 0.6) is 0 Å². The van der Waals surface area contributed by atoms with Crippen LogP contribution < -0.4 is 0 Å². The summed E-state index contributed by atoms with van der Waals surface area (Å²) < 4.78 is 6.82. The molecule has 4 rings (SSSR count). The zero-order valence-electron chi connectivity index (χ0n) is 19.6. The number of esters is 1. The number of carbonyl (C=O) groups excluding carboxylic acids is 2. The number of carbonyl (C=O) groups is 2. The van der Waals surface area contributed by atoms with Gasteiger partial charge in [0.15, 0.2) is 0 Å². The van der Waals surface area contributed by atoms with Gasteiger partial charge in [-0.05, 0) is 51.1 Å². The second-order valence-electron chi connectivity index (χ2n) is 7.80. The summed E-state index contributed by atoms with van der Waals surface area (Å²) in [5.74, 6) is -1.18. The van der Waals surface area contributed by atoms with Crippen LogP contribution in [0.3, 0.4) is 0 Å². The number of aryl methyl sites for hydroxylation is 2. The van der Waals surface area contributed by atoms with Gasteiger partial charge in [-0.3, -0.25) is 9.78 Å². The topological polar surface area (TPSA) is 114 Å². The summed E-state index contributed by atoms with van der Waals surface area (Å²) in [6.07, 6.45) is 6.57. The van der Waals surface area contributed by atoms with E-state index in [1.807, 2.05) is 42.5 Å². The van der Waals surface area contributed by atoms with Gasteiger partial charge in [0.05, 0.1) is 23.4 Å². The standard InChI is InChI=1S/C27H23N5O3/c1-4-35-27(34)24-18(3)30-17(2)23(24)26(33)20(14-28)13-21-16-32(22-10-6-5-7-11-22)31-25(21)19-9-8-12-29-15-19/h5-13,15-16,30H,4H2,1-3H3/b20-13+. The number of aromatic amines is 1. The molecule has 0 aliphatic carbocycles. The number of H-pyrrole nitrogens is 1. The van der Waals surface area contributed by atoms with E-state index in [1.54, 1.807) is 50.1 Å². The lowest BCUT2D eigenvalue weighted by atomic mass is 9.97. The Morgan fingerprint density at radius 1 is 1.11 bits per heavy atom. The fourth-order valence-electron chi connectivity index (χ4n) is 3.90. The molecule has 0 radical (unpaired) electrons. The molecule has 35 heavy (non-hydrogen) atoms. The van der Waals surface area contributed by atoms with Crippen LogP contribution in [0.2, 0.25) is 0 Å². The van der Waals surface area contributed by atoms with E-state index in [9.17, 15) is 14.9 Å². The molecule has 0 amide bonds. The maximum Gasteiger partial charge on any atom is 0.340 e. The third-order valence-electron chi connectivity index (χ3n) is 5.44. The smallest absolute Gasteiger partial charge is 0.340 e. The van der Waals surface area contributed by atoms with Gasteiger partial charge in [0, 0.05) is 41.1 Å². The minimum atomic E-state index is -0.608. The second-order valence-corrected chi connectivity index (χ2v) is 7.80. The van der Waals surface area contributed by atoms with Crippen LogP contribution in [-0.4, -0.2) is 38.1 Å². The van der Waals surface area contributed by atoms with E-state index in [4.69, 9.17) is 9.84 Å². The molecule has 4 aromatic rings. The number of hydrogen-bond acceptors (Lipinski definition) is 6. The highest BCUT2D eigenvalue weighted by atomic mass is 16.5. The molecular weight excluding hydrogens is 442 g/mol. The normalized spacial score (nSPS) is 11.2. The van der Waals surface area contributed by atoms with Crippen LogP contribution in [-0.2, 0) is 4.74 Å². The first-order valence-electron chi connectivity index (χ1n) is 11.0. The molecule has 3 aromatic heterocycles. The van der Waals surface area contributed by atoms with E-state index < -0.39 is 11.8 Å². The first-order chi connectivity index (χ1) is 16.9. The summed E-state index contributed by atoms with van der Waals surface area (Å²) in [6, 6.07) is 15.2. The van der Waals surface area contributed by atoms with Crippen molar-refractivity contribution in [3.63, 3.8) is 0 Å². The van der Waals surface area contributed by atoms with E-state index >= 15 is 0 Å². The highest BCUT2D eigenvalue weighted by Crippen LogP contribution is 2.28. The number of ether oxygens (including phenoxy) is 1. The van der Waals surface area contributed by atoms with Crippen LogP contribution in [0.25, 0.3) is 23.0 Å². The number of nitrogens with one attached hydrogen (secondary N) is 1. The maximum atomic E-state index is 13.5. The molecular formula is C27H23N5O3. The predicted octanol–water partition coefficient (Wildman–Crippen LogP) is 4.85. The van der Waals surface area contributed by atoms with Crippen molar-refractivity contribution >= 4 is 17.8 Å². The van der Waals surface area contributed by atoms with Crippen molar-refractivity contribution in [1.82, 2.24) is 19.7 Å². The number of pyridine rings is 1. The van der Waals surface area contributed by atoms with Gasteiger partial charge in [-0.25, -0.2) is 9.48 Å². The van der Waals surface area contributed by atoms with E-state index in [0.29, 0.717) is 22.6 Å². The van der Waals surface area contributed by atoms with E-state index in [-0.39, 0.29) is 23.3 Å². The highest BCUT2D eigenvalue weighted by molar-refractivity contribution is 6.19. The summed E-state index contributed by atoms with van der Waals surface area (Å²) in [4.78, 5) is 33.3. The summed E-state index contributed by atoms with van der Waals surface area (Å²) in [7, 11) is 0. The summed E-state index contributed by atoms with van der Waals surface area (Å²) >= 11 is 0. The van der Waals surface area contributed by atoms with E-state index in [0.717, 1.165) is 11.3 Å². The monoisotopic (exact) mass is 465 g/mol. The third-order valence-corrected chi connectivity index (χ3v) is 5.44. The summed E-state index contributed by atoms with van der Waals surface area (Å²) in [5, 5.41) is 14.6. The number of aromatic nitrogens is 4. The molecule has 174 valence electrons. The van der Waals surface area contributed by atoms with Gasteiger partial charge in [-0.1, -0.05) is 18.2 Å². The Bertz CT molecular complexity index is 1460. The first kappa shape index (κ1) is 23.4. The Morgan fingerprint density at radius 2 is 1.86 bits per heavy atom. The van der Waals surface area contributed by atoms with E-state index in [2.05, 4.69) is 9.97 Å². The number of nitriles is 1. The van der Waals surface area contributed by atoms with Crippen molar-refractivity contribution in [3.05, 3.63) is 94.7 Å². The molecule has 0 fully saturated rings. The summed E-state index contributed by atoms with van der Waals surface area (Å²) in [6.45, 7) is 5.24. The predicted molar refractivity (Wildman–Crippen MR) is 131 cm³/mol. The quantitative estimate of drug-likeness (QED) is 0.181. The van der Waals surface area contributed by atoms with Crippen molar-refractivity contribution in [2.45, 2.75) is 20.8 Å². The zero-order valence-corrected chi connectivity index (χ0v) is 19.6. The number of para-hydroxylation sites is 1. The Kier molecular flexibility index (Phi) is 6.69. The minimum absolute atomic E-state index is 0.129.